The van der Waals surface area contributed by atoms with Gasteiger partial charge in [-0.3, -0.25) is 0 Å². The fraction of sp³-hybridized carbons (Fsp3) is 0.750. The predicted octanol–water partition coefficient (Wildman–Crippen LogP) is 4.76. The van der Waals surface area contributed by atoms with Crippen LogP contribution in [0.3, 0.4) is 0 Å². The monoisotopic (exact) mass is 405 g/mol. The molecule has 0 radical (unpaired) electrons. The molecular formula is C16H28IN3O. The largest absolute Gasteiger partial charge is 0.370 e. The van der Waals surface area contributed by atoms with E-state index in [1.807, 2.05) is 6.92 Å². The van der Waals surface area contributed by atoms with Crippen LogP contribution in [0, 0.1) is 8.99 Å². The van der Waals surface area contributed by atoms with Gasteiger partial charge in [-0.2, -0.15) is 0 Å². The Morgan fingerprint density at radius 3 is 2.24 bits per heavy atom. The Kier molecular flexibility index (Phi) is 6.84. The van der Waals surface area contributed by atoms with Crippen molar-refractivity contribution in [3.05, 3.63) is 15.1 Å². The number of anilines is 1. The fourth-order valence-corrected chi connectivity index (χ4v) is 3.20. The van der Waals surface area contributed by atoms with Crippen LogP contribution in [0.1, 0.15) is 72.0 Å². The molecule has 0 aliphatic carbocycles. The molecule has 1 N–H and O–H groups in total. The van der Waals surface area contributed by atoms with Crippen molar-refractivity contribution in [1.82, 2.24) is 9.97 Å². The van der Waals surface area contributed by atoms with Crippen molar-refractivity contribution in [2.45, 2.75) is 60.5 Å². The molecule has 1 aromatic heterocycles. The molecular weight excluding hydrogens is 377 g/mol. The molecule has 0 saturated carbocycles. The summed E-state index contributed by atoms with van der Waals surface area (Å²) in [7, 11) is 0. The summed E-state index contributed by atoms with van der Waals surface area (Å²) in [4.78, 5) is 9.55. The van der Waals surface area contributed by atoms with E-state index in [-0.39, 0.29) is 11.5 Å². The van der Waals surface area contributed by atoms with Crippen molar-refractivity contribution < 1.29 is 4.74 Å². The number of nitrogens with one attached hydrogen (secondary N) is 1. The van der Waals surface area contributed by atoms with Gasteiger partial charge in [0.2, 0.25) is 0 Å². The maximum Gasteiger partial charge on any atom is 0.160 e. The van der Waals surface area contributed by atoms with Gasteiger partial charge in [0.1, 0.15) is 11.9 Å². The van der Waals surface area contributed by atoms with Gasteiger partial charge in [0, 0.05) is 13.2 Å². The van der Waals surface area contributed by atoms with Gasteiger partial charge in [-0.25, -0.2) is 9.97 Å². The third-order valence-electron chi connectivity index (χ3n) is 3.14. The molecule has 0 aliphatic heterocycles. The lowest BCUT2D eigenvalue weighted by Crippen LogP contribution is -2.25. The fourth-order valence-electron chi connectivity index (χ4n) is 2.15. The van der Waals surface area contributed by atoms with Crippen LogP contribution in [0.15, 0.2) is 0 Å². The Morgan fingerprint density at radius 1 is 1.19 bits per heavy atom. The molecule has 120 valence electrons. The molecule has 4 nitrogen and oxygen atoms in total. The first-order valence-electron chi connectivity index (χ1n) is 7.65. The van der Waals surface area contributed by atoms with E-state index in [9.17, 15) is 0 Å². The number of halogens is 1. The van der Waals surface area contributed by atoms with Crippen molar-refractivity contribution in [3.63, 3.8) is 0 Å². The van der Waals surface area contributed by atoms with Crippen LogP contribution in [0.5, 0.6) is 0 Å². The maximum atomic E-state index is 5.94. The Bertz CT molecular complexity index is 469. The first-order valence-corrected chi connectivity index (χ1v) is 8.73. The number of rotatable bonds is 6. The van der Waals surface area contributed by atoms with E-state index in [4.69, 9.17) is 14.7 Å². The number of hydrogen-bond acceptors (Lipinski definition) is 4. The van der Waals surface area contributed by atoms with E-state index in [1.165, 1.54) is 0 Å². The minimum atomic E-state index is -0.102. The lowest BCUT2D eigenvalue weighted by molar-refractivity contribution is -0.0192. The molecule has 1 rings (SSSR count). The predicted molar refractivity (Wildman–Crippen MR) is 96.8 cm³/mol. The lowest BCUT2D eigenvalue weighted by Gasteiger charge is -2.30. The van der Waals surface area contributed by atoms with Crippen LogP contribution in [0.4, 0.5) is 5.82 Å². The van der Waals surface area contributed by atoms with E-state index >= 15 is 0 Å². The van der Waals surface area contributed by atoms with Crippen molar-refractivity contribution >= 4 is 28.4 Å². The van der Waals surface area contributed by atoms with Crippen LogP contribution in [-0.4, -0.2) is 23.1 Å². The third kappa shape index (κ3) is 4.77. The number of nitrogens with zero attached hydrogens (tertiary/aromatic N) is 2. The van der Waals surface area contributed by atoms with Crippen LogP contribution < -0.4 is 5.32 Å². The Hall–Kier alpha value is -0.430. The zero-order valence-electron chi connectivity index (χ0n) is 14.2. The molecule has 1 atom stereocenters. The highest BCUT2D eigenvalue weighted by molar-refractivity contribution is 14.1. The molecule has 1 aromatic rings. The van der Waals surface area contributed by atoms with Gasteiger partial charge >= 0.3 is 0 Å². The summed E-state index contributed by atoms with van der Waals surface area (Å²) in [6.07, 6.45) is -0.102. The van der Waals surface area contributed by atoms with Crippen molar-refractivity contribution in [2.75, 3.05) is 18.5 Å². The first-order chi connectivity index (χ1) is 9.72. The van der Waals surface area contributed by atoms with Gasteiger partial charge in [0.15, 0.2) is 5.82 Å². The topological polar surface area (TPSA) is 47.0 Å². The molecule has 0 aromatic carbocycles. The summed E-state index contributed by atoms with van der Waals surface area (Å²) in [6.45, 7) is 16.4. The molecule has 0 saturated heterocycles. The second-order valence-corrected chi connectivity index (χ2v) is 7.59. The Balaban J connectivity index is 3.39. The quantitative estimate of drug-likeness (QED) is 0.694. The zero-order chi connectivity index (χ0) is 16.2. The number of ether oxygens (including phenoxy) is 1. The molecule has 1 unspecified atom stereocenters. The van der Waals surface area contributed by atoms with E-state index in [1.54, 1.807) is 0 Å². The van der Waals surface area contributed by atoms with Crippen molar-refractivity contribution in [3.8, 4) is 0 Å². The molecule has 0 amide bonds. The second-order valence-electron chi connectivity index (χ2n) is 6.52. The smallest absolute Gasteiger partial charge is 0.160 e. The van der Waals surface area contributed by atoms with Gasteiger partial charge in [-0.05, 0) is 47.8 Å². The molecule has 5 heteroatoms. The van der Waals surface area contributed by atoms with Gasteiger partial charge < -0.3 is 10.1 Å². The average molecular weight is 405 g/mol. The highest BCUT2D eigenvalue weighted by atomic mass is 127. The molecule has 0 fully saturated rings. The second kappa shape index (κ2) is 7.72. The summed E-state index contributed by atoms with van der Waals surface area (Å²) in [5, 5.41) is 3.35. The molecule has 1 heterocycles. The van der Waals surface area contributed by atoms with Crippen molar-refractivity contribution in [1.29, 1.82) is 0 Å². The Labute approximate surface area is 142 Å². The van der Waals surface area contributed by atoms with Gasteiger partial charge in [-0.1, -0.05) is 34.6 Å². The van der Waals surface area contributed by atoms with Crippen molar-refractivity contribution in [2.24, 2.45) is 5.41 Å². The highest BCUT2D eigenvalue weighted by Gasteiger charge is 2.31. The minimum absolute atomic E-state index is 0.0411. The van der Waals surface area contributed by atoms with E-state index in [0.29, 0.717) is 12.5 Å². The van der Waals surface area contributed by atoms with Crippen LogP contribution in [0.2, 0.25) is 0 Å². The van der Waals surface area contributed by atoms with Crippen LogP contribution in [-0.2, 0) is 4.74 Å². The molecule has 0 aliphatic rings. The van der Waals surface area contributed by atoms with Gasteiger partial charge in [0.05, 0.1) is 9.26 Å². The summed E-state index contributed by atoms with van der Waals surface area (Å²) in [5.41, 5.74) is 1.05. The molecule has 0 spiro atoms. The highest BCUT2D eigenvalue weighted by Crippen LogP contribution is 2.36. The summed E-state index contributed by atoms with van der Waals surface area (Å²) in [5.74, 6) is 2.06. The van der Waals surface area contributed by atoms with E-state index in [2.05, 4.69) is 69.5 Å². The third-order valence-corrected chi connectivity index (χ3v) is 4.20. The van der Waals surface area contributed by atoms with Crippen LogP contribution >= 0.6 is 22.6 Å². The summed E-state index contributed by atoms with van der Waals surface area (Å²) >= 11 is 2.33. The minimum Gasteiger partial charge on any atom is -0.370 e. The molecule has 21 heavy (non-hydrogen) atoms. The zero-order valence-corrected chi connectivity index (χ0v) is 16.4. The van der Waals surface area contributed by atoms with Gasteiger partial charge in [0.25, 0.3) is 0 Å². The standard InChI is InChI=1S/C16H28IN3O/c1-8-18-14-11(17)12(10(3)4)19-15(20-14)13(21-9-2)16(5,6)7/h10,13H,8-9H2,1-7H3,(H,18,19,20). The van der Waals surface area contributed by atoms with Gasteiger partial charge in [-0.15, -0.1) is 0 Å². The normalized spacial score (nSPS) is 13.6. The van der Waals surface area contributed by atoms with Crippen LogP contribution in [0.25, 0.3) is 0 Å². The van der Waals surface area contributed by atoms with E-state index in [0.717, 1.165) is 27.5 Å². The average Bonchev–Trinajstić information content (AvgIpc) is 2.37. The SMILES string of the molecule is CCNc1nc(C(OCC)C(C)(C)C)nc(C(C)C)c1I. The first kappa shape index (κ1) is 18.6. The number of aromatic nitrogens is 2. The summed E-state index contributed by atoms with van der Waals surface area (Å²) in [6, 6.07) is 0. The molecule has 0 bridgehead atoms. The lowest BCUT2D eigenvalue weighted by atomic mass is 9.88. The Morgan fingerprint density at radius 2 is 1.81 bits per heavy atom. The summed E-state index contributed by atoms with van der Waals surface area (Å²) < 4.78 is 7.05. The van der Waals surface area contributed by atoms with E-state index < -0.39 is 0 Å². The maximum absolute atomic E-state index is 5.94. The number of hydrogen-bond donors (Lipinski definition) is 1.